The van der Waals surface area contributed by atoms with Crippen LogP contribution in [-0.4, -0.2) is 62.2 Å². The summed E-state index contributed by atoms with van der Waals surface area (Å²) >= 11 is 5.76. The highest BCUT2D eigenvalue weighted by molar-refractivity contribution is 9.10. The molecule has 2 aromatic heterocycles. The van der Waals surface area contributed by atoms with Gasteiger partial charge in [0, 0.05) is 39.9 Å². The molecule has 12 heteroatoms. The zero-order chi connectivity index (χ0) is 22.1. The summed E-state index contributed by atoms with van der Waals surface area (Å²) in [5.41, 5.74) is 5.61. The van der Waals surface area contributed by atoms with Gasteiger partial charge in [-0.25, -0.2) is 9.97 Å². The average molecular weight is 516 g/mol. The van der Waals surface area contributed by atoms with E-state index in [0.29, 0.717) is 20.1 Å². The summed E-state index contributed by atoms with van der Waals surface area (Å²) in [4.78, 5) is 8.63. The number of ether oxygens (including phenoxy) is 1. The summed E-state index contributed by atoms with van der Waals surface area (Å²) in [6.45, 7) is 1.10. The molecule has 0 bridgehead atoms. The Bertz CT molecular complexity index is 876. The zero-order valence-corrected chi connectivity index (χ0v) is 19.2. The number of hydrogen-bond acceptors (Lipinski definition) is 11. The van der Waals surface area contributed by atoms with E-state index in [0.717, 1.165) is 11.8 Å². The molecule has 0 aliphatic heterocycles. The van der Waals surface area contributed by atoms with Gasteiger partial charge in [-0.05, 0) is 28.9 Å². The van der Waals surface area contributed by atoms with Crippen LogP contribution in [-0.2, 0) is 4.74 Å². The molecule has 0 radical (unpaired) electrons. The Balaban J connectivity index is 2.15. The number of pyridine rings is 1. The van der Waals surface area contributed by atoms with Crippen LogP contribution in [0.15, 0.2) is 39.4 Å². The minimum Gasteiger partial charge on any atom is -0.395 e. The number of nitrogens with zero attached hydrogens (tertiary/aromatic N) is 3. The Kier molecular flexibility index (Phi) is 9.99. The maximum atomic E-state index is 10.7. The number of hydrogen-bond donors (Lipinski definition) is 5. The molecule has 0 spiro atoms. The van der Waals surface area contributed by atoms with Crippen molar-refractivity contribution >= 4 is 44.7 Å². The van der Waals surface area contributed by atoms with E-state index in [1.165, 1.54) is 30.7 Å². The van der Waals surface area contributed by atoms with Crippen LogP contribution < -0.4 is 11.1 Å². The van der Waals surface area contributed by atoms with Gasteiger partial charge in [-0.3, -0.25) is 0 Å². The van der Waals surface area contributed by atoms with Crippen molar-refractivity contribution in [3.8, 4) is 6.07 Å². The largest absolute Gasteiger partial charge is 0.395 e. The number of thiazole rings is 1. The van der Waals surface area contributed by atoms with Crippen LogP contribution in [0.2, 0.25) is 0 Å². The Labute approximate surface area is 190 Å². The van der Waals surface area contributed by atoms with Gasteiger partial charge < -0.3 is 31.1 Å². The lowest BCUT2D eigenvalue weighted by molar-refractivity contribution is -0.0933. The van der Waals surface area contributed by atoms with Crippen molar-refractivity contribution in [1.29, 1.82) is 5.26 Å². The molecule has 30 heavy (non-hydrogen) atoms. The second-order valence-corrected chi connectivity index (χ2v) is 9.06. The van der Waals surface area contributed by atoms with E-state index in [1.807, 2.05) is 6.07 Å². The number of aromatic nitrogens is 2. The molecule has 162 valence electrons. The first-order chi connectivity index (χ1) is 14.3. The first-order valence-corrected chi connectivity index (χ1v) is 11.3. The third-order valence-electron chi connectivity index (χ3n) is 3.77. The highest BCUT2D eigenvalue weighted by Gasteiger charge is 2.28. The fraction of sp³-hybridized carbons (Fsp3) is 0.389. The summed E-state index contributed by atoms with van der Waals surface area (Å²) in [5.74, 6) is 0. The van der Waals surface area contributed by atoms with Crippen LogP contribution in [0, 0.1) is 11.3 Å². The predicted molar refractivity (Wildman–Crippen MR) is 118 cm³/mol. The summed E-state index contributed by atoms with van der Waals surface area (Å²) in [6, 6.07) is 3.68. The fourth-order valence-corrected chi connectivity index (χ4v) is 4.37. The molecular weight excluding hydrogens is 494 g/mol. The van der Waals surface area contributed by atoms with Crippen molar-refractivity contribution in [2.24, 2.45) is 5.73 Å². The lowest BCUT2D eigenvalue weighted by atomic mass is 10.2. The van der Waals surface area contributed by atoms with Crippen LogP contribution in [0.4, 0.5) is 0 Å². The number of aliphatic hydroxyl groups excluding tert-OH is 3. The van der Waals surface area contributed by atoms with Crippen molar-refractivity contribution in [2.75, 3.05) is 13.2 Å². The molecular formula is C18H22BrN5O4S2. The molecule has 4 atom stereocenters. The van der Waals surface area contributed by atoms with Gasteiger partial charge in [0.25, 0.3) is 0 Å². The number of aliphatic hydroxyl groups is 3. The lowest BCUT2D eigenvalue weighted by Crippen LogP contribution is -2.41. The van der Waals surface area contributed by atoms with Crippen LogP contribution in [0.5, 0.6) is 0 Å². The zero-order valence-electron chi connectivity index (χ0n) is 16.0. The fourth-order valence-electron chi connectivity index (χ4n) is 2.21. The van der Waals surface area contributed by atoms with Crippen LogP contribution in [0.1, 0.15) is 17.6 Å². The molecule has 0 aliphatic rings. The number of thioether (sulfide) groups is 1. The molecule has 2 heterocycles. The quantitative estimate of drug-likeness (QED) is 0.218. The van der Waals surface area contributed by atoms with Gasteiger partial charge >= 0.3 is 0 Å². The van der Waals surface area contributed by atoms with Crippen LogP contribution in [0.25, 0.3) is 5.70 Å². The minimum atomic E-state index is -1.08. The molecule has 6 N–H and O–H groups in total. The third kappa shape index (κ3) is 7.21. The van der Waals surface area contributed by atoms with Crippen molar-refractivity contribution in [2.45, 2.75) is 35.6 Å². The van der Waals surface area contributed by atoms with E-state index >= 15 is 0 Å². The Morgan fingerprint density at radius 2 is 2.27 bits per heavy atom. The van der Waals surface area contributed by atoms with Crippen molar-refractivity contribution < 1.29 is 20.1 Å². The number of rotatable bonds is 11. The normalized spacial score (nSPS) is 15.8. The molecule has 0 fully saturated rings. The standard InChI is InChI=1S/C18H22BrN5O4S2/c1-10(26)15(9-25)28-18(30-16-4-11(19)6-24-13(16)5-20)14(27)8-22-7-12(21)17-23-2-3-29-17/h2-4,6-7,10,14-15,18,22,25-27H,8-9,21H2,1H3/b12-7-. The summed E-state index contributed by atoms with van der Waals surface area (Å²) in [5, 5.41) is 44.7. The second kappa shape index (κ2) is 12.2. The summed E-state index contributed by atoms with van der Waals surface area (Å²) < 4.78 is 6.41. The molecule has 0 saturated heterocycles. The molecule has 0 saturated carbocycles. The van der Waals surface area contributed by atoms with Gasteiger partial charge in [-0.2, -0.15) is 5.26 Å². The molecule has 0 aliphatic carbocycles. The molecule has 4 unspecified atom stereocenters. The third-order valence-corrected chi connectivity index (χ3v) is 6.25. The number of nitriles is 1. The van der Waals surface area contributed by atoms with Gasteiger partial charge in [0.15, 0.2) is 5.69 Å². The van der Waals surface area contributed by atoms with Gasteiger partial charge in [-0.1, -0.05) is 11.8 Å². The predicted octanol–water partition coefficient (Wildman–Crippen LogP) is 1.26. The van der Waals surface area contributed by atoms with Crippen LogP contribution >= 0.6 is 39.0 Å². The van der Waals surface area contributed by atoms with Gasteiger partial charge in [0.1, 0.15) is 28.7 Å². The minimum absolute atomic E-state index is 0.0605. The molecule has 0 amide bonds. The molecule has 2 aromatic rings. The van der Waals surface area contributed by atoms with E-state index in [1.54, 1.807) is 17.6 Å². The highest BCUT2D eigenvalue weighted by atomic mass is 79.9. The molecule has 9 nitrogen and oxygen atoms in total. The van der Waals surface area contributed by atoms with Crippen molar-refractivity contribution in [1.82, 2.24) is 15.3 Å². The lowest BCUT2D eigenvalue weighted by Gasteiger charge is -2.28. The van der Waals surface area contributed by atoms with E-state index in [4.69, 9.17) is 10.5 Å². The molecule has 0 aromatic carbocycles. The molecule has 2 rings (SSSR count). The van der Waals surface area contributed by atoms with E-state index in [-0.39, 0.29) is 12.2 Å². The number of halogens is 1. The maximum absolute atomic E-state index is 10.7. The monoisotopic (exact) mass is 515 g/mol. The van der Waals surface area contributed by atoms with E-state index < -0.39 is 30.4 Å². The maximum Gasteiger partial charge on any atom is 0.154 e. The average Bonchev–Trinajstić information content (AvgIpc) is 3.25. The topological polar surface area (TPSA) is 158 Å². The first-order valence-electron chi connectivity index (χ1n) is 8.79. The summed E-state index contributed by atoms with van der Waals surface area (Å²) in [7, 11) is 0. The smallest absolute Gasteiger partial charge is 0.154 e. The Morgan fingerprint density at radius 3 is 2.87 bits per heavy atom. The highest BCUT2D eigenvalue weighted by Crippen LogP contribution is 2.31. The number of nitrogens with one attached hydrogen (secondary N) is 1. The van der Waals surface area contributed by atoms with Gasteiger partial charge in [0.2, 0.25) is 0 Å². The van der Waals surface area contributed by atoms with Crippen LogP contribution in [0.3, 0.4) is 0 Å². The van der Waals surface area contributed by atoms with Gasteiger partial charge in [-0.15, -0.1) is 11.3 Å². The Morgan fingerprint density at radius 1 is 1.50 bits per heavy atom. The second-order valence-electron chi connectivity index (χ2n) is 6.11. The summed E-state index contributed by atoms with van der Waals surface area (Å²) in [6.07, 6.45) is 1.71. The van der Waals surface area contributed by atoms with E-state index in [2.05, 4.69) is 31.2 Å². The van der Waals surface area contributed by atoms with Crippen molar-refractivity contribution in [3.05, 3.63) is 45.2 Å². The Hall–Kier alpha value is -1.72. The number of nitrogens with two attached hydrogens (primary N) is 1. The van der Waals surface area contributed by atoms with Crippen molar-refractivity contribution in [3.63, 3.8) is 0 Å². The SMILES string of the molecule is CC(O)C(CO)OC(Sc1cc(Br)cnc1C#N)C(O)CN/C=C(\N)c1nccs1. The van der Waals surface area contributed by atoms with Gasteiger partial charge in [0.05, 0.1) is 18.4 Å². The van der Waals surface area contributed by atoms with E-state index in [9.17, 15) is 20.6 Å². The first kappa shape index (κ1) is 24.5.